The quantitative estimate of drug-likeness (QED) is 0.589. The highest BCUT2D eigenvalue weighted by Crippen LogP contribution is 2.15. The van der Waals surface area contributed by atoms with E-state index in [0.29, 0.717) is 32.3 Å². The van der Waals surface area contributed by atoms with Gasteiger partial charge in [-0.1, -0.05) is 13.8 Å². The van der Waals surface area contributed by atoms with Crippen LogP contribution < -0.4 is 11.1 Å². The van der Waals surface area contributed by atoms with E-state index in [1.54, 1.807) is 6.92 Å². The van der Waals surface area contributed by atoms with Crippen molar-refractivity contribution < 1.29 is 14.3 Å². The SMILES string of the molecule is CCOCCOC(C)C(=O)NC(C)(CN)CC(C)C. The summed E-state index contributed by atoms with van der Waals surface area (Å²) in [6.45, 7) is 11.9. The summed E-state index contributed by atoms with van der Waals surface area (Å²) >= 11 is 0. The molecule has 1 amide bonds. The summed E-state index contributed by atoms with van der Waals surface area (Å²) in [5.41, 5.74) is 5.40. The van der Waals surface area contributed by atoms with E-state index in [9.17, 15) is 4.79 Å². The lowest BCUT2D eigenvalue weighted by molar-refractivity contribution is -0.134. The number of carbonyl (C=O) groups excluding carboxylic acids is 1. The predicted molar refractivity (Wildman–Crippen MR) is 77.0 cm³/mol. The Kier molecular flexibility index (Phi) is 8.97. The van der Waals surface area contributed by atoms with Crippen molar-refractivity contribution in [3.63, 3.8) is 0 Å². The molecule has 0 aromatic heterocycles. The van der Waals surface area contributed by atoms with Crippen LogP contribution in [-0.4, -0.2) is 43.9 Å². The molecule has 0 rings (SSSR count). The first-order chi connectivity index (χ1) is 8.84. The summed E-state index contributed by atoms with van der Waals surface area (Å²) in [7, 11) is 0. The second kappa shape index (κ2) is 9.28. The molecule has 0 aliphatic rings. The molecule has 5 nitrogen and oxygen atoms in total. The van der Waals surface area contributed by atoms with E-state index in [-0.39, 0.29) is 11.4 Å². The summed E-state index contributed by atoms with van der Waals surface area (Å²) in [5, 5.41) is 2.99. The van der Waals surface area contributed by atoms with Gasteiger partial charge in [0, 0.05) is 18.7 Å². The van der Waals surface area contributed by atoms with Crippen LogP contribution in [0.5, 0.6) is 0 Å². The number of hydrogen-bond acceptors (Lipinski definition) is 4. The molecule has 0 saturated heterocycles. The fourth-order valence-electron chi connectivity index (χ4n) is 1.99. The maximum atomic E-state index is 12.0. The highest BCUT2D eigenvalue weighted by molar-refractivity contribution is 5.81. The molecule has 3 N–H and O–H groups in total. The zero-order valence-corrected chi connectivity index (χ0v) is 13.0. The van der Waals surface area contributed by atoms with Crippen molar-refractivity contribution >= 4 is 5.91 Å². The van der Waals surface area contributed by atoms with Gasteiger partial charge in [0.15, 0.2) is 0 Å². The Labute approximate surface area is 117 Å². The van der Waals surface area contributed by atoms with Crippen LogP contribution in [0.15, 0.2) is 0 Å². The zero-order valence-electron chi connectivity index (χ0n) is 13.0. The molecule has 0 fully saturated rings. The summed E-state index contributed by atoms with van der Waals surface area (Å²) in [6.07, 6.45) is 0.361. The lowest BCUT2D eigenvalue weighted by Crippen LogP contribution is -2.54. The molecule has 0 bridgehead atoms. The first-order valence-corrected chi connectivity index (χ1v) is 7.06. The van der Waals surface area contributed by atoms with Gasteiger partial charge in [0.05, 0.1) is 13.2 Å². The Morgan fingerprint density at radius 2 is 1.95 bits per heavy atom. The molecule has 2 unspecified atom stereocenters. The van der Waals surface area contributed by atoms with Crippen LogP contribution in [0.3, 0.4) is 0 Å². The van der Waals surface area contributed by atoms with Crippen molar-refractivity contribution in [1.29, 1.82) is 0 Å². The van der Waals surface area contributed by atoms with E-state index >= 15 is 0 Å². The number of ether oxygens (including phenoxy) is 2. The Hall–Kier alpha value is -0.650. The third-order valence-corrected chi connectivity index (χ3v) is 2.90. The van der Waals surface area contributed by atoms with Gasteiger partial charge in [-0.05, 0) is 33.1 Å². The van der Waals surface area contributed by atoms with E-state index in [4.69, 9.17) is 15.2 Å². The number of carbonyl (C=O) groups is 1. The van der Waals surface area contributed by atoms with Crippen LogP contribution in [0.2, 0.25) is 0 Å². The van der Waals surface area contributed by atoms with Crippen molar-refractivity contribution in [2.45, 2.75) is 52.7 Å². The fourth-order valence-corrected chi connectivity index (χ4v) is 1.99. The monoisotopic (exact) mass is 274 g/mol. The fraction of sp³-hybridized carbons (Fsp3) is 0.929. The molecule has 0 saturated carbocycles. The lowest BCUT2D eigenvalue weighted by Gasteiger charge is -2.32. The van der Waals surface area contributed by atoms with Crippen molar-refractivity contribution in [2.24, 2.45) is 11.7 Å². The first-order valence-electron chi connectivity index (χ1n) is 7.06. The van der Waals surface area contributed by atoms with Crippen molar-refractivity contribution in [3.05, 3.63) is 0 Å². The topological polar surface area (TPSA) is 73.6 Å². The van der Waals surface area contributed by atoms with E-state index in [1.807, 2.05) is 13.8 Å². The molecule has 19 heavy (non-hydrogen) atoms. The van der Waals surface area contributed by atoms with Gasteiger partial charge in [0.2, 0.25) is 5.91 Å². The summed E-state index contributed by atoms with van der Waals surface area (Å²) < 4.78 is 10.6. The minimum Gasteiger partial charge on any atom is -0.379 e. The second-order valence-corrected chi connectivity index (χ2v) is 5.56. The molecule has 0 aliphatic heterocycles. The molecule has 0 spiro atoms. The summed E-state index contributed by atoms with van der Waals surface area (Å²) in [4.78, 5) is 12.0. The van der Waals surface area contributed by atoms with Gasteiger partial charge in [0.1, 0.15) is 6.10 Å². The Balaban J connectivity index is 4.17. The second-order valence-electron chi connectivity index (χ2n) is 5.56. The average Bonchev–Trinajstić information content (AvgIpc) is 2.33. The predicted octanol–water partition coefficient (Wildman–Crippen LogP) is 1.31. The summed E-state index contributed by atoms with van der Waals surface area (Å²) in [5.74, 6) is 0.355. The Morgan fingerprint density at radius 1 is 1.32 bits per heavy atom. The molecule has 2 atom stereocenters. The van der Waals surface area contributed by atoms with Crippen molar-refractivity contribution in [3.8, 4) is 0 Å². The molecule has 0 aliphatic carbocycles. The number of hydrogen-bond donors (Lipinski definition) is 2. The lowest BCUT2D eigenvalue weighted by atomic mass is 9.90. The van der Waals surface area contributed by atoms with Crippen molar-refractivity contribution in [2.75, 3.05) is 26.4 Å². The smallest absolute Gasteiger partial charge is 0.249 e. The van der Waals surface area contributed by atoms with Crippen LogP contribution in [0, 0.1) is 5.92 Å². The van der Waals surface area contributed by atoms with Gasteiger partial charge in [-0.15, -0.1) is 0 Å². The highest BCUT2D eigenvalue weighted by atomic mass is 16.5. The summed E-state index contributed by atoms with van der Waals surface area (Å²) in [6, 6.07) is 0. The normalized spacial score (nSPS) is 16.2. The molecule has 114 valence electrons. The van der Waals surface area contributed by atoms with Gasteiger partial charge in [-0.25, -0.2) is 0 Å². The maximum absolute atomic E-state index is 12.0. The number of rotatable bonds is 10. The van der Waals surface area contributed by atoms with Gasteiger partial charge in [-0.2, -0.15) is 0 Å². The van der Waals surface area contributed by atoms with E-state index in [1.165, 1.54) is 0 Å². The zero-order chi connectivity index (χ0) is 14.9. The minimum atomic E-state index is -0.488. The van der Waals surface area contributed by atoms with Crippen LogP contribution in [0.25, 0.3) is 0 Å². The molecular weight excluding hydrogens is 244 g/mol. The minimum absolute atomic E-state index is 0.120. The van der Waals surface area contributed by atoms with Gasteiger partial charge in [0.25, 0.3) is 0 Å². The number of nitrogens with one attached hydrogen (secondary N) is 1. The van der Waals surface area contributed by atoms with E-state index in [0.717, 1.165) is 6.42 Å². The van der Waals surface area contributed by atoms with E-state index in [2.05, 4.69) is 19.2 Å². The van der Waals surface area contributed by atoms with E-state index < -0.39 is 6.10 Å². The standard InChI is InChI=1S/C14H30N2O3/c1-6-18-7-8-19-12(4)13(17)16-14(5,10-15)9-11(2)3/h11-12H,6-10,15H2,1-5H3,(H,16,17). The molecule has 0 aromatic rings. The molecular formula is C14H30N2O3. The molecule has 5 heteroatoms. The van der Waals surface area contributed by atoms with Gasteiger partial charge in [-0.3, -0.25) is 4.79 Å². The first kappa shape index (κ1) is 18.4. The third-order valence-electron chi connectivity index (χ3n) is 2.90. The van der Waals surface area contributed by atoms with Crippen LogP contribution in [0.1, 0.15) is 41.0 Å². The highest BCUT2D eigenvalue weighted by Gasteiger charge is 2.28. The van der Waals surface area contributed by atoms with Gasteiger partial charge >= 0.3 is 0 Å². The molecule has 0 aromatic carbocycles. The Morgan fingerprint density at radius 3 is 2.42 bits per heavy atom. The van der Waals surface area contributed by atoms with Crippen LogP contribution in [-0.2, 0) is 14.3 Å². The number of nitrogens with two attached hydrogens (primary N) is 1. The molecule has 0 heterocycles. The largest absolute Gasteiger partial charge is 0.379 e. The number of amides is 1. The van der Waals surface area contributed by atoms with Gasteiger partial charge < -0.3 is 20.5 Å². The Bertz CT molecular complexity index is 259. The maximum Gasteiger partial charge on any atom is 0.249 e. The third kappa shape index (κ3) is 8.18. The van der Waals surface area contributed by atoms with Crippen molar-refractivity contribution in [1.82, 2.24) is 5.32 Å². The average molecular weight is 274 g/mol. The molecule has 0 radical (unpaired) electrons. The van der Waals surface area contributed by atoms with Crippen LogP contribution >= 0.6 is 0 Å². The van der Waals surface area contributed by atoms with Crippen LogP contribution in [0.4, 0.5) is 0 Å².